The Bertz CT molecular complexity index is 615. The third-order valence-corrected chi connectivity index (χ3v) is 2.65. The first-order valence-corrected chi connectivity index (χ1v) is 6.89. The van der Waals surface area contributed by atoms with Crippen molar-refractivity contribution in [1.29, 1.82) is 0 Å². The molecular weight excluding hydrogens is 266 g/mol. The fourth-order valence-electron chi connectivity index (χ4n) is 1.78. The number of carbonyl (C=O) groups is 1. The quantitative estimate of drug-likeness (QED) is 0.760. The monoisotopic (exact) mass is 285 g/mol. The third-order valence-electron chi connectivity index (χ3n) is 2.65. The van der Waals surface area contributed by atoms with E-state index < -0.39 is 0 Å². The molecule has 0 radical (unpaired) electrons. The summed E-state index contributed by atoms with van der Waals surface area (Å²) < 4.78 is 0. The second-order valence-electron chi connectivity index (χ2n) is 4.58. The summed E-state index contributed by atoms with van der Waals surface area (Å²) in [6, 6.07) is 9.23. The number of nitrogens with zero attached hydrogens (tertiary/aromatic N) is 2. The van der Waals surface area contributed by atoms with Crippen molar-refractivity contribution >= 4 is 29.0 Å². The smallest absolute Gasteiger partial charge is 0.229 e. The lowest BCUT2D eigenvalue weighted by Gasteiger charge is -2.09. The Labute approximate surface area is 124 Å². The van der Waals surface area contributed by atoms with Crippen molar-refractivity contribution in [2.45, 2.75) is 20.3 Å². The Kier molecular flexibility index (Phi) is 5.09. The second-order valence-corrected chi connectivity index (χ2v) is 4.58. The summed E-state index contributed by atoms with van der Waals surface area (Å²) in [6.45, 7) is 4.45. The highest BCUT2D eigenvalue weighted by Crippen LogP contribution is 2.18. The Hall–Kier alpha value is -2.63. The van der Waals surface area contributed by atoms with Crippen LogP contribution < -0.4 is 16.0 Å². The van der Waals surface area contributed by atoms with E-state index in [4.69, 9.17) is 0 Å². The van der Waals surface area contributed by atoms with Crippen LogP contribution in [0.2, 0.25) is 0 Å². The minimum Gasteiger partial charge on any atom is -0.370 e. The lowest BCUT2D eigenvalue weighted by molar-refractivity contribution is -0.114. The molecule has 1 aromatic carbocycles. The maximum Gasteiger partial charge on any atom is 0.229 e. The number of hydrogen-bond donors (Lipinski definition) is 3. The van der Waals surface area contributed by atoms with E-state index >= 15 is 0 Å². The van der Waals surface area contributed by atoms with Crippen molar-refractivity contribution in [2.24, 2.45) is 0 Å². The van der Waals surface area contributed by atoms with Gasteiger partial charge in [0, 0.05) is 31.0 Å². The van der Waals surface area contributed by atoms with E-state index in [0.29, 0.717) is 5.95 Å². The summed E-state index contributed by atoms with van der Waals surface area (Å²) in [6.07, 6.45) is 2.73. The molecule has 0 saturated heterocycles. The van der Waals surface area contributed by atoms with Crippen LogP contribution in [0.1, 0.15) is 20.3 Å². The van der Waals surface area contributed by atoms with Crippen LogP contribution in [0.5, 0.6) is 0 Å². The predicted octanol–water partition coefficient (Wildman–Crippen LogP) is 3.00. The topological polar surface area (TPSA) is 78.9 Å². The summed E-state index contributed by atoms with van der Waals surface area (Å²) in [7, 11) is 0. The fraction of sp³-hybridized carbons (Fsp3) is 0.267. The average molecular weight is 285 g/mol. The molecule has 0 aliphatic rings. The van der Waals surface area contributed by atoms with Gasteiger partial charge in [0.15, 0.2) is 0 Å². The number of aromatic nitrogens is 2. The van der Waals surface area contributed by atoms with Crippen LogP contribution in [0.15, 0.2) is 36.5 Å². The molecule has 110 valence electrons. The van der Waals surface area contributed by atoms with Crippen molar-refractivity contribution in [3.05, 3.63) is 36.5 Å². The number of benzene rings is 1. The summed E-state index contributed by atoms with van der Waals surface area (Å²) in [5.41, 5.74) is 1.54. The highest BCUT2D eigenvalue weighted by Gasteiger charge is 2.01. The van der Waals surface area contributed by atoms with Crippen molar-refractivity contribution in [2.75, 3.05) is 22.5 Å². The Morgan fingerprint density at radius 2 is 2.05 bits per heavy atom. The minimum absolute atomic E-state index is 0.103. The molecule has 0 bridgehead atoms. The highest BCUT2D eigenvalue weighted by molar-refractivity contribution is 5.89. The number of nitrogens with one attached hydrogen (secondary N) is 3. The van der Waals surface area contributed by atoms with Crippen LogP contribution in [0.4, 0.5) is 23.1 Å². The van der Waals surface area contributed by atoms with Gasteiger partial charge in [-0.25, -0.2) is 4.98 Å². The average Bonchev–Trinajstić information content (AvgIpc) is 2.45. The van der Waals surface area contributed by atoms with Gasteiger partial charge in [-0.1, -0.05) is 13.0 Å². The number of carbonyl (C=O) groups excluding carboxylic acids is 1. The lowest BCUT2D eigenvalue weighted by Crippen LogP contribution is -2.06. The van der Waals surface area contributed by atoms with Gasteiger partial charge < -0.3 is 16.0 Å². The fourth-order valence-corrected chi connectivity index (χ4v) is 1.78. The van der Waals surface area contributed by atoms with Gasteiger partial charge in [-0.05, 0) is 30.7 Å². The molecule has 21 heavy (non-hydrogen) atoms. The van der Waals surface area contributed by atoms with Crippen LogP contribution in [0.3, 0.4) is 0 Å². The Morgan fingerprint density at radius 1 is 1.24 bits per heavy atom. The first kappa shape index (κ1) is 14.8. The van der Waals surface area contributed by atoms with Gasteiger partial charge in [-0.3, -0.25) is 4.79 Å². The standard InChI is InChI=1S/C15H19N5O/c1-3-8-16-14-7-9-17-15(20-14)19-13-6-4-5-12(10-13)18-11(2)21/h4-7,9-10H,3,8H2,1-2H3,(H,18,21)(H2,16,17,19,20). The molecule has 0 spiro atoms. The SMILES string of the molecule is CCCNc1ccnc(Nc2cccc(NC(C)=O)c2)n1. The molecule has 2 rings (SSSR count). The maximum absolute atomic E-state index is 11.1. The predicted molar refractivity (Wildman–Crippen MR) is 84.8 cm³/mol. The zero-order valence-electron chi connectivity index (χ0n) is 12.2. The van der Waals surface area contributed by atoms with Crippen LogP contribution in [-0.2, 0) is 4.79 Å². The molecule has 6 heteroatoms. The minimum atomic E-state index is -0.103. The third kappa shape index (κ3) is 4.76. The lowest BCUT2D eigenvalue weighted by atomic mass is 10.3. The summed E-state index contributed by atoms with van der Waals surface area (Å²) in [5, 5.41) is 9.07. The molecule has 0 aliphatic carbocycles. The van der Waals surface area contributed by atoms with E-state index in [0.717, 1.165) is 30.2 Å². The molecule has 2 aromatic rings. The van der Waals surface area contributed by atoms with Gasteiger partial charge in [0.2, 0.25) is 11.9 Å². The van der Waals surface area contributed by atoms with E-state index in [2.05, 4.69) is 32.8 Å². The molecule has 0 saturated carbocycles. The zero-order chi connectivity index (χ0) is 15.1. The van der Waals surface area contributed by atoms with Gasteiger partial charge in [-0.15, -0.1) is 0 Å². The molecule has 1 heterocycles. The second kappa shape index (κ2) is 7.23. The molecular formula is C15H19N5O. The first-order valence-electron chi connectivity index (χ1n) is 6.89. The summed E-state index contributed by atoms with van der Waals surface area (Å²) >= 11 is 0. The number of amides is 1. The van der Waals surface area contributed by atoms with Gasteiger partial charge in [-0.2, -0.15) is 4.98 Å². The van der Waals surface area contributed by atoms with Gasteiger partial charge in [0.25, 0.3) is 0 Å². The first-order chi connectivity index (χ1) is 10.2. The molecule has 1 aromatic heterocycles. The van der Waals surface area contributed by atoms with Crippen molar-refractivity contribution in [3.8, 4) is 0 Å². The van der Waals surface area contributed by atoms with Crippen molar-refractivity contribution in [1.82, 2.24) is 9.97 Å². The van der Waals surface area contributed by atoms with Crippen LogP contribution in [-0.4, -0.2) is 22.4 Å². The Balaban J connectivity index is 2.08. The Morgan fingerprint density at radius 3 is 2.81 bits per heavy atom. The van der Waals surface area contributed by atoms with Crippen molar-refractivity contribution < 1.29 is 4.79 Å². The van der Waals surface area contributed by atoms with Crippen LogP contribution >= 0.6 is 0 Å². The van der Waals surface area contributed by atoms with Gasteiger partial charge in [0.05, 0.1) is 0 Å². The molecule has 0 atom stereocenters. The molecule has 0 aliphatic heterocycles. The van der Waals surface area contributed by atoms with Crippen LogP contribution in [0.25, 0.3) is 0 Å². The summed E-state index contributed by atoms with van der Waals surface area (Å²) in [4.78, 5) is 19.6. The normalized spacial score (nSPS) is 10.0. The van der Waals surface area contributed by atoms with E-state index in [1.165, 1.54) is 6.92 Å². The zero-order valence-corrected chi connectivity index (χ0v) is 12.2. The molecule has 6 nitrogen and oxygen atoms in total. The summed E-state index contributed by atoms with van der Waals surface area (Å²) in [5.74, 6) is 1.19. The highest BCUT2D eigenvalue weighted by atomic mass is 16.1. The van der Waals surface area contributed by atoms with E-state index in [9.17, 15) is 4.79 Å². The van der Waals surface area contributed by atoms with E-state index in [1.54, 1.807) is 6.20 Å². The largest absolute Gasteiger partial charge is 0.370 e. The molecule has 3 N–H and O–H groups in total. The van der Waals surface area contributed by atoms with Gasteiger partial charge >= 0.3 is 0 Å². The molecule has 0 fully saturated rings. The van der Waals surface area contributed by atoms with Crippen LogP contribution in [0, 0.1) is 0 Å². The number of anilines is 4. The van der Waals surface area contributed by atoms with Crippen molar-refractivity contribution in [3.63, 3.8) is 0 Å². The molecule has 0 unspecified atom stereocenters. The number of hydrogen-bond acceptors (Lipinski definition) is 5. The van der Waals surface area contributed by atoms with E-state index in [1.807, 2.05) is 30.3 Å². The number of rotatable bonds is 6. The molecule has 1 amide bonds. The maximum atomic E-state index is 11.1. The van der Waals surface area contributed by atoms with E-state index in [-0.39, 0.29) is 5.91 Å². The van der Waals surface area contributed by atoms with Gasteiger partial charge in [0.1, 0.15) is 5.82 Å².